The Morgan fingerprint density at radius 1 is 1.56 bits per heavy atom. The van der Waals surface area contributed by atoms with E-state index in [9.17, 15) is 9.18 Å². The average molecular weight is 222 g/mol. The van der Waals surface area contributed by atoms with Gasteiger partial charge in [0.2, 0.25) is 0 Å². The van der Waals surface area contributed by atoms with Crippen molar-refractivity contribution in [1.29, 1.82) is 5.26 Å². The van der Waals surface area contributed by atoms with E-state index in [-0.39, 0.29) is 24.1 Å². The van der Waals surface area contributed by atoms with E-state index in [1.165, 1.54) is 19.2 Å². The second-order valence-electron chi connectivity index (χ2n) is 3.14. The third-order valence-corrected chi connectivity index (χ3v) is 2.20. The number of benzene rings is 1. The zero-order chi connectivity index (χ0) is 12.1. The number of esters is 1. The maximum absolute atomic E-state index is 13.6. The lowest BCUT2D eigenvalue weighted by molar-refractivity contribution is -0.139. The highest BCUT2D eigenvalue weighted by molar-refractivity contribution is 5.73. The summed E-state index contributed by atoms with van der Waals surface area (Å²) in [5.41, 5.74) is 5.73. The van der Waals surface area contributed by atoms with Gasteiger partial charge in [0.1, 0.15) is 11.9 Å². The predicted molar refractivity (Wildman–Crippen MR) is 54.7 cm³/mol. The van der Waals surface area contributed by atoms with Crippen molar-refractivity contribution in [2.45, 2.75) is 13.0 Å². The normalized spacial score (nSPS) is 9.62. The van der Waals surface area contributed by atoms with Gasteiger partial charge in [-0.1, -0.05) is 12.1 Å². The summed E-state index contributed by atoms with van der Waals surface area (Å²) in [6, 6.07) is 4.71. The minimum Gasteiger partial charge on any atom is -0.469 e. The zero-order valence-electron chi connectivity index (χ0n) is 8.79. The molecular formula is C11H11FN2O2. The number of carbonyl (C=O) groups is 1. The topological polar surface area (TPSA) is 76.1 Å². The van der Waals surface area contributed by atoms with E-state index in [0.29, 0.717) is 5.56 Å². The van der Waals surface area contributed by atoms with E-state index in [0.717, 1.165) is 0 Å². The molecule has 1 aromatic rings. The van der Waals surface area contributed by atoms with Gasteiger partial charge >= 0.3 is 5.97 Å². The summed E-state index contributed by atoms with van der Waals surface area (Å²) in [7, 11) is 1.24. The minimum atomic E-state index is -0.661. The Morgan fingerprint density at radius 3 is 2.69 bits per heavy atom. The second-order valence-corrected chi connectivity index (χ2v) is 3.14. The highest BCUT2D eigenvalue weighted by atomic mass is 19.1. The van der Waals surface area contributed by atoms with Gasteiger partial charge in [-0.25, -0.2) is 4.39 Å². The number of rotatable bonds is 3. The number of nitrogens with zero attached hydrogens (tertiary/aromatic N) is 1. The summed E-state index contributed by atoms with van der Waals surface area (Å²) in [4.78, 5) is 11.0. The molecule has 0 aromatic heterocycles. The van der Waals surface area contributed by atoms with Gasteiger partial charge in [-0.3, -0.25) is 4.79 Å². The van der Waals surface area contributed by atoms with E-state index in [4.69, 9.17) is 11.0 Å². The van der Waals surface area contributed by atoms with Gasteiger partial charge in [0.25, 0.3) is 0 Å². The van der Waals surface area contributed by atoms with Crippen LogP contribution in [0.25, 0.3) is 0 Å². The molecule has 84 valence electrons. The highest BCUT2D eigenvalue weighted by Crippen LogP contribution is 2.17. The van der Waals surface area contributed by atoms with Gasteiger partial charge in [0, 0.05) is 12.1 Å². The Hall–Kier alpha value is -1.93. The predicted octanol–water partition coefficient (Wildman–Crippen LogP) is 0.872. The molecule has 0 radical (unpaired) electrons. The maximum Gasteiger partial charge on any atom is 0.310 e. The van der Waals surface area contributed by atoms with Crippen LogP contribution in [0, 0.1) is 17.1 Å². The number of hydrogen-bond acceptors (Lipinski definition) is 4. The molecular weight excluding hydrogens is 211 g/mol. The number of nitrogens with two attached hydrogens (primary N) is 1. The Morgan fingerprint density at radius 2 is 2.19 bits per heavy atom. The summed E-state index contributed by atoms with van der Waals surface area (Å²) in [5, 5.41) is 8.82. The van der Waals surface area contributed by atoms with Crippen LogP contribution in [0.3, 0.4) is 0 Å². The van der Waals surface area contributed by atoms with Crippen LogP contribution in [-0.4, -0.2) is 13.1 Å². The van der Waals surface area contributed by atoms with E-state index < -0.39 is 11.8 Å². The summed E-state index contributed by atoms with van der Waals surface area (Å²) in [6.07, 6.45) is -0.124. The minimum absolute atomic E-state index is 0.0129. The van der Waals surface area contributed by atoms with E-state index in [2.05, 4.69) is 4.74 Å². The number of nitriles is 1. The summed E-state index contributed by atoms with van der Waals surface area (Å²) in [5.74, 6) is -1.18. The van der Waals surface area contributed by atoms with Gasteiger partial charge in [0.15, 0.2) is 0 Å². The number of methoxy groups -OCH3 is 1. The van der Waals surface area contributed by atoms with Gasteiger partial charge in [-0.15, -0.1) is 0 Å². The molecule has 2 N–H and O–H groups in total. The maximum atomic E-state index is 13.6. The van der Waals surface area contributed by atoms with Crippen molar-refractivity contribution in [2.24, 2.45) is 5.73 Å². The Kier molecular flexibility index (Phi) is 3.97. The SMILES string of the molecule is COC(=O)Cc1ccc(CN)c(F)c1C#N. The summed E-state index contributed by atoms with van der Waals surface area (Å²) in [6.45, 7) is 0.0129. The van der Waals surface area contributed by atoms with Crippen LogP contribution in [0.1, 0.15) is 16.7 Å². The van der Waals surface area contributed by atoms with Crippen molar-refractivity contribution >= 4 is 5.97 Å². The molecule has 0 saturated heterocycles. The lowest BCUT2D eigenvalue weighted by Crippen LogP contribution is -2.09. The quantitative estimate of drug-likeness (QED) is 0.770. The molecule has 0 aliphatic carbocycles. The molecule has 1 aromatic carbocycles. The van der Waals surface area contributed by atoms with Crippen LogP contribution < -0.4 is 5.73 Å². The van der Waals surface area contributed by atoms with Crippen molar-refractivity contribution in [3.63, 3.8) is 0 Å². The first-order valence-corrected chi connectivity index (χ1v) is 4.61. The van der Waals surface area contributed by atoms with Crippen LogP contribution in [0.4, 0.5) is 4.39 Å². The van der Waals surface area contributed by atoms with E-state index in [1.807, 2.05) is 0 Å². The first-order chi connectivity index (χ1) is 7.63. The Balaban J connectivity index is 3.17. The molecule has 0 fully saturated rings. The molecule has 0 aliphatic rings. The van der Waals surface area contributed by atoms with Crippen molar-refractivity contribution in [3.8, 4) is 6.07 Å². The molecule has 0 unspecified atom stereocenters. The molecule has 0 bridgehead atoms. The van der Waals surface area contributed by atoms with Gasteiger partial charge < -0.3 is 10.5 Å². The standard InChI is InChI=1S/C11H11FN2O2/c1-16-10(15)4-7-2-3-8(5-13)11(12)9(7)6-14/h2-3H,4-5,13H2,1H3. The van der Waals surface area contributed by atoms with Gasteiger partial charge in [-0.05, 0) is 5.56 Å². The van der Waals surface area contributed by atoms with Crippen molar-refractivity contribution in [1.82, 2.24) is 0 Å². The first kappa shape index (κ1) is 12.1. The molecule has 0 spiro atoms. The second kappa shape index (κ2) is 5.24. The fraction of sp³-hybridized carbons (Fsp3) is 0.273. The van der Waals surface area contributed by atoms with Crippen molar-refractivity contribution in [2.75, 3.05) is 7.11 Å². The van der Waals surface area contributed by atoms with Crippen LogP contribution in [0.5, 0.6) is 0 Å². The molecule has 16 heavy (non-hydrogen) atoms. The summed E-state index contributed by atoms with van der Waals surface area (Å²) < 4.78 is 18.1. The zero-order valence-corrected chi connectivity index (χ0v) is 8.79. The molecule has 0 atom stereocenters. The van der Waals surface area contributed by atoms with Crippen LogP contribution >= 0.6 is 0 Å². The van der Waals surface area contributed by atoms with Gasteiger partial charge in [0.05, 0.1) is 19.1 Å². The fourth-order valence-corrected chi connectivity index (χ4v) is 1.31. The molecule has 0 heterocycles. The summed E-state index contributed by atoms with van der Waals surface area (Å²) >= 11 is 0. The van der Waals surface area contributed by atoms with E-state index >= 15 is 0 Å². The van der Waals surface area contributed by atoms with Crippen LogP contribution in [0.15, 0.2) is 12.1 Å². The van der Waals surface area contributed by atoms with E-state index in [1.54, 1.807) is 6.07 Å². The van der Waals surface area contributed by atoms with Crippen molar-refractivity contribution in [3.05, 3.63) is 34.6 Å². The average Bonchev–Trinajstić information content (AvgIpc) is 2.29. The molecule has 1 rings (SSSR count). The highest BCUT2D eigenvalue weighted by Gasteiger charge is 2.14. The third-order valence-electron chi connectivity index (χ3n) is 2.20. The Bertz CT molecular complexity index is 452. The lowest BCUT2D eigenvalue weighted by Gasteiger charge is -2.06. The lowest BCUT2D eigenvalue weighted by atomic mass is 10.0. The molecule has 4 nitrogen and oxygen atoms in total. The molecule has 5 heteroatoms. The number of carbonyl (C=O) groups excluding carboxylic acids is 1. The number of ether oxygens (including phenoxy) is 1. The fourth-order valence-electron chi connectivity index (χ4n) is 1.31. The number of halogens is 1. The number of hydrogen-bond donors (Lipinski definition) is 1. The largest absolute Gasteiger partial charge is 0.469 e. The molecule has 0 saturated carbocycles. The molecule has 0 aliphatic heterocycles. The van der Waals surface area contributed by atoms with Crippen LogP contribution in [-0.2, 0) is 22.5 Å². The molecule has 0 amide bonds. The third kappa shape index (κ3) is 2.35. The smallest absolute Gasteiger partial charge is 0.310 e. The monoisotopic (exact) mass is 222 g/mol. The first-order valence-electron chi connectivity index (χ1n) is 4.61. The van der Waals surface area contributed by atoms with Crippen LogP contribution in [0.2, 0.25) is 0 Å². The van der Waals surface area contributed by atoms with Crippen molar-refractivity contribution < 1.29 is 13.9 Å². The van der Waals surface area contributed by atoms with Gasteiger partial charge in [-0.2, -0.15) is 5.26 Å². The Labute approximate surface area is 92.4 Å².